The second-order valence-corrected chi connectivity index (χ2v) is 7.68. The van der Waals surface area contributed by atoms with E-state index in [-0.39, 0.29) is 29.1 Å². The minimum absolute atomic E-state index is 0.0686. The molecule has 1 heterocycles. The van der Waals surface area contributed by atoms with Gasteiger partial charge in [0.2, 0.25) is 5.91 Å². The van der Waals surface area contributed by atoms with Gasteiger partial charge in [-0.05, 0) is 42.5 Å². The summed E-state index contributed by atoms with van der Waals surface area (Å²) >= 11 is 6.89. The third kappa shape index (κ3) is 5.96. The number of nitrogens with zero attached hydrogens (tertiary/aromatic N) is 3. The van der Waals surface area contributed by atoms with Gasteiger partial charge in [-0.2, -0.15) is 0 Å². The fraction of sp³-hybridized carbons (Fsp3) is 0.200. The van der Waals surface area contributed by atoms with Gasteiger partial charge >= 0.3 is 0 Å². The molecule has 0 aliphatic rings. The first kappa shape index (κ1) is 22.6. The molecule has 11 heteroatoms. The smallest absolute Gasteiger partial charge is 0.251 e. The topological polar surface area (TPSA) is 98.1 Å². The molecule has 0 radical (unpaired) electrons. The Labute approximate surface area is 187 Å². The van der Waals surface area contributed by atoms with Crippen molar-refractivity contribution in [1.29, 1.82) is 0 Å². The van der Waals surface area contributed by atoms with Crippen molar-refractivity contribution in [3.63, 3.8) is 0 Å². The van der Waals surface area contributed by atoms with Gasteiger partial charge in [0.15, 0.2) is 11.0 Å². The van der Waals surface area contributed by atoms with Crippen molar-refractivity contribution in [2.24, 2.45) is 7.05 Å². The van der Waals surface area contributed by atoms with E-state index in [1.165, 1.54) is 30.0 Å². The van der Waals surface area contributed by atoms with E-state index in [1.54, 1.807) is 43.0 Å². The van der Waals surface area contributed by atoms with Crippen LogP contribution in [0.3, 0.4) is 0 Å². The Morgan fingerprint density at radius 1 is 1.19 bits per heavy atom. The van der Waals surface area contributed by atoms with Crippen LogP contribution in [0.4, 0.5) is 10.1 Å². The largest absolute Gasteiger partial charge is 0.497 e. The molecule has 8 nitrogen and oxygen atoms in total. The number of hydrogen-bond acceptors (Lipinski definition) is 6. The van der Waals surface area contributed by atoms with E-state index < -0.39 is 5.82 Å². The Morgan fingerprint density at radius 3 is 2.61 bits per heavy atom. The number of aromatic nitrogens is 3. The molecule has 2 aromatic carbocycles. The van der Waals surface area contributed by atoms with Gasteiger partial charge in [-0.15, -0.1) is 10.2 Å². The van der Waals surface area contributed by atoms with E-state index in [1.807, 2.05) is 0 Å². The number of hydrogen-bond donors (Lipinski definition) is 2. The first-order chi connectivity index (χ1) is 14.9. The van der Waals surface area contributed by atoms with E-state index >= 15 is 0 Å². The van der Waals surface area contributed by atoms with E-state index in [2.05, 4.69) is 20.8 Å². The monoisotopic (exact) mass is 463 g/mol. The van der Waals surface area contributed by atoms with Crippen LogP contribution in [0.25, 0.3) is 0 Å². The van der Waals surface area contributed by atoms with Gasteiger partial charge in [0.05, 0.1) is 24.4 Å². The molecule has 0 atom stereocenters. The van der Waals surface area contributed by atoms with Crippen molar-refractivity contribution in [1.82, 2.24) is 20.1 Å². The average Bonchev–Trinajstić information content (AvgIpc) is 3.12. The second kappa shape index (κ2) is 10.3. The summed E-state index contributed by atoms with van der Waals surface area (Å²) in [5.41, 5.74) is 0.895. The molecule has 2 amide bonds. The predicted octanol–water partition coefficient (Wildman–Crippen LogP) is 3.28. The molecule has 3 aromatic rings. The lowest BCUT2D eigenvalue weighted by Gasteiger charge is -2.07. The van der Waals surface area contributed by atoms with Crippen LogP contribution in [0.1, 0.15) is 16.2 Å². The van der Waals surface area contributed by atoms with Crippen molar-refractivity contribution in [3.8, 4) is 5.75 Å². The van der Waals surface area contributed by atoms with Crippen LogP contribution in [-0.4, -0.2) is 39.4 Å². The van der Waals surface area contributed by atoms with Crippen LogP contribution in [0, 0.1) is 5.82 Å². The highest BCUT2D eigenvalue weighted by Crippen LogP contribution is 2.20. The van der Waals surface area contributed by atoms with Crippen LogP contribution in [-0.2, 0) is 18.4 Å². The van der Waals surface area contributed by atoms with Gasteiger partial charge < -0.3 is 19.9 Å². The molecule has 31 heavy (non-hydrogen) atoms. The number of rotatable bonds is 8. The lowest BCUT2D eigenvalue weighted by atomic mass is 10.2. The Balaban J connectivity index is 1.51. The lowest BCUT2D eigenvalue weighted by molar-refractivity contribution is -0.113. The number of carbonyl (C=O) groups is 2. The molecule has 0 spiro atoms. The zero-order chi connectivity index (χ0) is 22.4. The Bertz CT molecular complexity index is 1090. The number of methoxy groups -OCH3 is 1. The van der Waals surface area contributed by atoms with Crippen LogP contribution >= 0.6 is 23.4 Å². The lowest BCUT2D eigenvalue weighted by Crippen LogP contribution is -2.24. The molecular weight excluding hydrogens is 445 g/mol. The Morgan fingerprint density at radius 2 is 1.94 bits per heavy atom. The van der Waals surface area contributed by atoms with Gasteiger partial charge in [-0.3, -0.25) is 9.59 Å². The SMILES string of the molecule is COc1ccc(C(=O)NCc2nnc(SCC(=O)Nc3ccc(F)c(Cl)c3)n2C)cc1. The number of benzene rings is 2. The van der Waals surface area contributed by atoms with Crippen molar-refractivity contribution in [3.05, 3.63) is 64.7 Å². The van der Waals surface area contributed by atoms with Gasteiger partial charge in [0.25, 0.3) is 5.91 Å². The molecule has 0 bridgehead atoms. The number of amides is 2. The fourth-order valence-corrected chi connectivity index (χ4v) is 3.44. The average molecular weight is 464 g/mol. The highest BCUT2D eigenvalue weighted by Gasteiger charge is 2.13. The molecule has 2 N–H and O–H groups in total. The van der Waals surface area contributed by atoms with E-state index in [4.69, 9.17) is 16.3 Å². The van der Waals surface area contributed by atoms with E-state index in [9.17, 15) is 14.0 Å². The van der Waals surface area contributed by atoms with Gasteiger partial charge in [-0.1, -0.05) is 23.4 Å². The Kier molecular flexibility index (Phi) is 7.48. The van der Waals surface area contributed by atoms with Crippen LogP contribution in [0.2, 0.25) is 5.02 Å². The summed E-state index contributed by atoms with van der Waals surface area (Å²) in [6.07, 6.45) is 0. The molecule has 0 aliphatic carbocycles. The minimum Gasteiger partial charge on any atom is -0.497 e. The molecule has 0 saturated heterocycles. The third-order valence-corrected chi connectivity index (χ3v) is 5.53. The van der Waals surface area contributed by atoms with Gasteiger partial charge in [-0.25, -0.2) is 4.39 Å². The summed E-state index contributed by atoms with van der Waals surface area (Å²) in [4.78, 5) is 24.4. The summed E-state index contributed by atoms with van der Waals surface area (Å²) in [5.74, 6) is 0.161. The highest BCUT2D eigenvalue weighted by atomic mass is 35.5. The predicted molar refractivity (Wildman–Crippen MR) is 116 cm³/mol. The standard InChI is InChI=1S/C20H19ClFN5O3S/c1-27-17(10-23-19(29)12-3-6-14(30-2)7-4-12)25-26-20(27)31-11-18(28)24-13-5-8-16(22)15(21)9-13/h3-9H,10-11H2,1-2H3,(H,23,29)(H,24,28). The normalized spacial score (nSPS) is 10.6. The van der Waals surface area contributed by atoms with E-state index in [0.717, 1.165) is 0 Å². The summed E-state index contributed by atoms with van der Waals surface area (Å²) in [5, 5.41) is 14.0. The summed E-state index contributed by atoms with van der Waals surface area (Å²) in [6, 6.07) is 10.7. The molecule has 162 valence electrons. The van der Waals surface area contributed by atoms with Crippen molar-refractivity contribution < 1.29 is 18.7 Å². The number of halogens is 2. The summed E-state index contributed by atoms with van der Waals surface area (Å²) in [7, 11) is 3.30. The maximum atomic E-state index is 13.2. The molecule has 0 fully saturated rings. The molecule has 3 rings (SSSR count). The van der Waals surface area contributed by atoms with Crippen molar-refractivity contribution >= 4 is 40.9 Å². The van der Waals surface area contributed by atoms with E-state index in [0.29, 0.717) is 28.0 Å². The summed E-state index contributed by atoms with van der Waals surface area (Å²) in [6.45, 7) is 0.176. The Hall–Kier alpha value is -3.11. The van der Waals surface area contributed by atoms with Gasteiger partial charge in [0.1, 0.15) is 11.6 Å². The number of ether oxygens (including phenoxy) is 1. The zero-order valence-corrected chi connectivity index (χ0v) is 18.3. The number of nitrogens with one attached hydrogen (secondary N) is 2. The van der Waals surface area contributed by atoms with Crippen LogP contribution < -0.4 is 15.4 Å². The van der Waals surface area contributed by atoms with Crippen LogP contribution in [0.15, 0.2) is 47.6 Å². The highest BCUT2D eigenvalue weighted by molar-refractivity contribution is 7.99. The van der Waals surface area contributed by atoms with Crippen LogP contribution in [0.5, 0.6) is 5.75 Å². The number of anilines is 1. The first-order valence-electron chi connectivity index (χ1n) is 9.05. The molecular formula is C20H19ClFN5O3S. The maximum absolute atomic E-state index is 13.2. The number of carbonyl (C=O) groups excluding carboxylic acids is 2. The number of thioether (sulfide) groups is 1. The second-order valence-electron chi connectivity index (χ2n) is 6.33. The molecule has 1 aromatic heterocycles. The third-order valence-electron chi connectivity index (χ3n) is 4.22. The summed E-state index contributed by atoms with van der Waals surface area (Å²) < 4.78 is 20.0. The quantitative estimate of drug-likeness (QED) is 0.497. The van der Waals surface area contributed by atoms with Crippen molar-refractivity contribution in [2.45, 2.75) is 11.7 Å². The first-order valence-corrected chi connectivity index (χ1v) is 10.4. The van der Waals surface area contributed by atoms with Gasteiger partial charge in [0, 0.05) is 18.3 Å². The molecule has 0 aliphatic heterocycles. The maximum Gasteiger partial charge on any atom is 0.251 e. The molecule has 0 saturated carbocycles. The fourth-order valence-electron chi connectivity index (χ4n) is 2.53. The van der Waals surface area contributed by atoms with Crippen molar-refractivity contribution in [2.75, 3.05) is 18.2 Å². The zero-order valence-electron chi connectivity index (χ0n) is 16.7. The minimum atomic E-state index is -0.556. The molecule has 0 unspecified atom stereocenters.